The fraction of sp³-hybridized carbons (Fsp3) is 0.725. The summed E-state index contributed by atoms with van der Waals surface area (Å²) < 4.78 is 16.9. The van der Waals surface area contributed by atoms with E-state index in [0.29, 0.717) is 19.3 Å². The summed E-state index contributed by atoms with van der Waals surface area (Å²) in [5.41, 5.74) is 0. The van der Waals surface area contributed by atoms with Crippen molar-refractivity contribution in [2.24, 2.45) is 0 Å². The molecule has 430 valence electrons. The van der Waals surface area contributed by atoms with Gasteiger partial charge < -0.3 is 14.2 Å². The molecule has 6 nitrogen and oxygen atoms in total. The summed E-state index contributed by atoms with van der Waals surface area (Å²) >= 11 is 0. The Balaban J connectivity index is 4.42. The first-order valence-corrected chi connectivity index (χ1v) is 31.7. The van der Waals surface area contributed by atoms with Crippen LogP contribution >= 0.6 is 0 Å². The fourth-order valence-electron chi connectivity index (χ4n) is 8.79. The molecule has 0 aliphatic heterocycles. The smallest absolute Gasteiger partial charge is 0.306 e. The normalized spacial score (nSPS) is 12.7. The van der Waals surface area contributed by atoms with E-state index in [9.17, 15) is 14.4 Å². The van der Waals surface area contributed by atoms with Crippen LogP contribution in [0.4, 0.5) is 0 Å². The van der Waals surface area contributed by atoms with Gasteiger partial charge in [-0.1, -0.05) is 259 Å². The summed E-state index contributed by atoms with van der Waals surface area (Å²) in [5.74, 6) is -0.906. The zero-order valence-corrected chi connectivity index (χ0v) is 49.3. The topological polar surface area (TPSA) is 78.9 Å². The van der Waals surface area contributed by atoms with Gasteiger partial charge in [0.15, 0.2) is 6.10 Å². The maximum Gasteiger partial charge on any atom is 0.306 e. The highest BCUT2D eigenvalue weighted by molar-refractivity contribution is 5.71. The Morgan fingerprint density at radius 3 is 0.840 bits per heavy atom. The third-order valence-corrected chi connectivity index (χ3v) is 13.5. The Morgan fingerprint density at radius 2 is 0.520 bits per heavy atom. The van der Waals surface area contributed by atoms with Crippen molar-refractivity contribution in [3.05, 3.63) is 97.2 Å². The largest absolute Gasteiger partial charge is 0.462 e. The molecule has 0 fully saturated rings. The van der Waals surface area contributed by atoms with Crippen molar-refractivity contribution in [3.63, 3.8) is 0 Å². The van der Waals surface area contributed by atoms with Crippen LogP contribution in [0.2, 0.25) is 0 Å². The number of unbranched alkanes of at least 4 members (excludes halogenated alkanes) is 30. The zero-order chi connectivity index (χ0) is 54.3. The van der Waals surface area contributed by atoms with Gasteiger partial charge in [0.2, 0.25) is 0 Å². The van der Waals surface area contributed by atoms with E-state index in [1.807, 2.05) is 0 Å². The van der Waals surface area contributed by atoms with E-state index in [4.69, 9.17) is 14.2 Å². The van der Waals surface area contributed by atoms with Crippen LogP contribution in [0.25, 0.3) is 0 Å². The first kappa shape index (κ1) is 71.3. The highest BCUT2D eigenvalue weighted by Gasteiger charge is 2.19. The molecule has 0 saturated heterocycles. The van der Waals surface area contributed by atoms with E-state index < -0.39 is 6.10 Å². The SMILES string of the molecule is CC/C=C\C/C=C\C/C=C\CCCCCCCCCC(=O)OCC(COC(=O)CCCCCCCCCCC/C=C\C/C=C\CCCCCCC)OC(=O)CCCCCCCC/C=C\C/C=C\C/C=C\CCCCC. The minimum absolute atomic E-state index is 0.0883. The summed E-state index contributed by atoms with van der Waals surface area (Å²) in [7, 11) is 0. The van der Waals surface area contributed by atoms with E-state index in [0.717, 1.165) is 116 Å². The monoisotopic (exact) mass is 1040 g/mol. The third kappa shape index (κ3) is 61.1. The van der Waals surface area contributed by atoms with E-state index in [1.54, 1.807) is 0 Å². The average molecular weight is 1040 g/mol. The third-order valence-electron chi connectivity index (χ3n) is 13.5. The molecule has 0 saturated carbocycles. The van der Waals surface area contributed by atoms with Crippen LogP contribution in [0.15, 0.2) is 97.2 Å². The number of hydrogen-bond donors (Lipinski definition) is 0. The number of carbonyl (C=O) groups excluding carboxylic acids is 3. The molecule has 75 heavy (non-hydrogen) atoms. The van der Waals surface area contributed by atoms with Crippen molar-refractivity contribution in [2.75, 3.05) is 13.2 Å². The summed E-state index contributed by atoms with van der Waals surface area (Å²) in [6.45, 7) is 6.49. The number of ether oxygens (including phenoxy) is 3. The molecule has 0 heterocycles. The molecule has 0 N–H and O–H groups in total. The van der Waals surface area contributed by atoms with Crippen molar-refractivity contribution in [1.82, 2.24) is 0 Å². The highest BCUT2D eigenvalue weighted by Crippen LogP contribution is 2.15. The molecule has 0 aliphatic carbocycles. The Kier molecular flexibility index (Phi) is 59.8. The number of hydrogen-bond acceptors (Lipinski definition) is 6. The summed E-state index contributed by atoms with van der Waals surface area (Å²) in [4.78, 5) is 38.3. The van der Waals surface area contributed by atoms with Gasteiger partial charge >= 0.3 is 17.9 Å². The lowest BCUT2D eigenvalue weighted by atomic mass is 10.1. The van der Waals surface area contributed by atoms with Gasteiger partial charge in [0.25, 0.3) is 0 Å². The number of esters is 3. The Bertz CT molecular complexity index is 1480. The van der Waals surface area contributed by atoms with Gasteiger partial charge in [-0.05, 0) is 122 Å². The summed E-state index contributed by atoms with van der Waals surface area (Å²) in [5, 5.41) is 0. The minimum atomic E-state index is -0.793. The summed E-state index contributed by atoms with van der Waals surface area (Å²) in [6, 6.07) is 0. The average Bonchev–Trinajstić information content (AvgIpc) is 3.41. The highest BCUT2D eigenvalue weighted by atomic mass is 16.6. The van der Waals surface area contributed by atoms with Crippen LogP contribution in [0.1, 0.15) is 303 Å². The number of carbonyl (C=O) groups is 3. The molecule has 0 aromatic rings. The Labute approximate surface area is 464 Å². The molecule has 0 radical (unpaired) electrons. The molecule has 1 atom stereocenters. The summed E-state index contributed by atoms with van der Waals surface area (Å²) in [6.07, 6.45) is 84.0. The van der Waals surface area contributed by atoms with Crippen molar-refractivity contribution in [1.29, 1.82) is 0 Å². The lowest BCUT2D eigenvalue weighted by molar-refractivity contribution is -0.167. The van der Waals surface area contributed by atoms with Gasteiger partial charge in [-0.3, -0.25) is 14.4 Å². The van der Waals surface area contributed by atoms with Gasteiger partial charge in [0.05, 0.1) is 0 Å². The fourth-order valence-corrected chi connectivity index (χ4v) is 8.79. The van der Waals surface area contributed by atoms with Crippen LogP contribution in [0.5, 0.6) is 0 Å². The van der Waals surface area contributed by atoms with Gasteiger partial charge in [-0.25, -0.2) is 0 Å². The van der Waals surface area contributed by atoms with Gasteiger partial charge in [-0.15, -0.1) is 0 Å². The van der Waals surface area contributed by atoms with Crippen molar-refractivity contribution >= 4 is 17.9 Å². The van der Waals surface area contributed by atoms with Crippen LogP contribution in [0, 0.1) is 0 Å². The molecule has 0 rings (SSSR count). The molecule has 0 spiro atoms. The van der Waals surface area contributed by atoms with Crippen molar-refractivity contribution in [3.8, 4) is 0 Å². The van der Waals surface area contributed by atoms with E-state index in [2.05, 4.69) is 118 Å². The lowest BCUT2D eigenvalue weighted by Crippen LogP contribution is -2.30. The molecule has 0 aromatic heterocycles. The molecule has 1 unspecified atom stereocenters. The Morgan fingerprint density at radius 1 is 0.280 bits per heavy atom. The second kappa shape index (κ2) is 62.9. The molecule has 0 bridgehead atoms. The lowest BCUT2D eigenvalue weighted by Gasteiger charge is -2.18. The molecule has 0 aliphatic rings. The number of allylic oxidation sites excluding steroid dienone is 16. The van der Waals surface area contributed by atoms with Gasteiger partial charge in [-0.2, -0.15) is 0 Å². The predicted octanol–water partition coefficient (Wildman–Crippen LogP) is 21.7. The maximum atomic E-state index is 12.9. The predicted molar refractivity (Wildman–Crippen MR) is 325 cm³/mol. The van der Waals surface area contributed by atoms with E-state index >= 15 is 0 Å². The van der Waals surface area contributed by atoms with Crippen LogP contribution in [-0.2, 0) is 28.6 Å². The van der Waals surface area contributed by atoms with Crippen LogP contribution < -0.4 is 0 Å². The van der Waals surface area contributed by atoms with E-state index in [1.165, 1.54) is 148 Å². The van der Waals surface area contributed by atoms with Crippen molar-refractivity contribution < 1.29 is 28.6 Å². The molecule has 0 aromatic carbocycles. The van der Waals surface area contributed by atoms with Gasteiger partial charge in [0, 0.05) is 19.3 Å². The second-order valence-electron chi connectivity index (χ2n) is 20.9. The molecular weight excluding hydrogens is 925 g/mol. The second-order valence-corrected chi connectivity index (χ2v) is 20.9. The molecule has 0 amide bonds. The first-order valence-electron chi connectivity index (χ1n) is 31.7. The minimum Gasteiger partial charge on any atom is -0.462 e. The van der Waals surface area contributed by atoms with Crippen LogP contribution in [0.3, 0.4) is 0 Å². The molecule has 6 heteroatoms. The quantitative estimate of drug-likeness (QED) is 0.0261. The van der Waals surface area contributed by atoms with E-state index in [-0.39, 0.29) is 31.1 Å². The van der Waals surface area contributed by atoms with Crippen LogP contribution in [-0.4, -0.2) is 37.2 Å². The zero-order valence-electron chi connectivity index (χ0n) is 49.3. The number of rotatable bonds is 57. The standard InChI is InChI=1S/C69H118O6/c1-4-7-10-13-16-19-22-25-28-31-33-34-36-38-41-44-47-50-53-56-59-62-68(71)74-65-66(64-73-67(70)61-58-55-52-49-46-43-40-37-30-27-24-21-18-15-12-9-6-3)75-69(72)63-60-57-54-51-48-45-42-39-35-32-29-26-23-20-17-14-11-8-5-2/h9,12,17-18,20-22,25-27,29-31,33,35,39,66H,4-8,10-11,13-16,19,23-24,28,32,34,36-38,40-65H2,1-3H3/b12-9-,20-17-,21-18-,25-22-,29-26-,30-27-,33-31-,39-35-. The first-order chi connectivity index (χ1) is 37.0. The molecular formula is C69H118O6. The van der Waals surface area contributed by atoms with Crippen molar-refractivity contribution in [2.45, 2.75) is 309 Å². The maximum absolute atomic E-state index is 12.9. The van der Waals surface area contributed by atoms with Gasteiger partial charge in [0.1, 0.15) is 13.2 Å². The Hall–Kier alpha value is -3.67.